The van der Waals surface area contributed by atoms with E-state index in [4.69, 9.17) is 33.8 Å². The monoisotopic (exact) mass is 761 g/mol. The summed E-state index contributed by atoms with van der Waals surface area (Å²) in [6.45, 7) is 26.3. The van der Waals surface area contributed by atoms with E-state index < -0.39 is 24.2 Å². The summed E-state index contributed by atoms with van der Waals surface area (Å²) < 4.78 is 34.3. The van der Waals surface area contributed by atoms with Crippen molar-refractivity contribution in [2.75, 3.05) is 33.7 Å². The molecule has 13 heteroatoms. The third kappa shape index (κ3) is 10.6. The number of benzene rings is 2. The van der Waals surface area contributed by atoms with Gasteiger partial charge in [0, 0.05) is 55.6 Å². The number of nitrogens with zero attached hydrogens (tertiary/aromatic N) is 5. The molecule has 0 unspecified atom stereocenters. The number of pyridine rings is 1. The van der Waals surface area contributed by atoms with Crippen molar-refractivity contribution < 1.29 is 23.7 Å². The van der Waals surface area contributed by atoms with Crippen molar-refractivity contribution in [3.63, 3.8) is 0 Å². The van der Waals surface area contributed by atoms with E-state index in [1.807, 2.05) is 29.1 Å². The maximum Gasteiger partial charge on any atom is 0.189 e. The Morgan fingerprint density at radius 1 is 0.712 bits per heavy atom. The van der Waals surface area contributed by atoms with Gasteiger partial charge in [-0.05, 0) is 72.1 Å². The van der Waals surface area contributed by atoms with Crippen LogP contribution >= 0.6 is 0 Å². The highest BCUT2D eigenvalue weighted by molar-refractivity contribution is 6.76. The van der Waals surface area contributed by atoms with Crippen LogP contribution in [0.15, 0.2) is 48.8 Å². The molecule has 0 radical (unpaired) electrons. The van der Waals surface area contributed by atoms with Crippen molar-refractivity contribution in [3.8, 4) is 34.1 Å². The zero-order valence-electron chi connectivity index (χ0n) is 33.3. The summed E-state index contributed by atoms with van der Waals surface area (Å²) >= 11 is 0. The fourth-order valence-corrected chi connectivity index (χ4v) is 8.01. The van der Waals surface area contributed by atoms with E-state index in [2.05, 4.69) is 93.6 Å². The maximum atomic E-state index is 6.28. The van der Waals surface area contributed by atoms with Gasteiger partial charge in [-0.25, -0.2) is 9.67 Å². The summed E-state index contributed by atoms with van der Waals surface area (Å²) in [4.78, 5) is 9.49. The van der Waals surface area contributed by atoms with E-state index in [1.54, 1.807) is 13.3 Å². The molecule has 282 valence electrons. The van der Waals surface area contributed by atoms with Crippen LogP contribution in [-0.4, -0.2) is 82.3 Å². The molecule has 0 aliphatic rings. The number of rotatable bonds is 19. The van der Waals surface area contributed by atoms with Gasteiger partial charge in [-0.2, -0.15) is 5.10 Å². The average Bonchev–Trinajstić information content (AvgIpc) is 3.61. The molecule has 2 aromatic carbocycles. The normalized spacial score (nSPS) is 12.7. The first-order valence-corrected chi connectivity index (χ1v) is 29.5. The summed E-state index contributed by atoms with van der Waals surface area (Å²) in [7, 11) is -2.00. The van der Waals surface area contributed by atoms with Crippen LogP contribution in [0.1, 0.15) is 5.56 Å². The highest BCUT2D eigenvalue weighted by atomic mass is 28.3. The fourth-order valence-electron chi connectivity index (χ4n) is 5.74. The number of aromatic nitrogens is 5. The highest BCUT2D eigenvalue weighted by Crippen LogP contribution is 2.38. The Labute approximate surface area is 312 Å². The van der Waals surface area contributed by atoms with Gasteiger partial charge in [-0.1, -0.05) is 65.0 Å². The minimum atomic E-state index is -1.26. The van der Waals surface area contributed by atoms with Crippen molar-refractivity contribution >= 4 is 46.2 Å². The Balaban J connectivity index is 1.51. The van der Waals surface area contributed by atoms with Crippen LogP contribution in [0.5, 0.6) is 11.5 Å². The Kier molecular flexibility index (Phi) is 12.9. The molecular formula is C39H59N5O5Si3. The lowest BCUT2D eigenvalue weighted by molar-refractivity contribution is 0.0205. The minimum absolute atomic E-state index is 0.190. The topological polar surface area (TPSA) is 94.7 Å². The molecule has 0 saturated carbocycles. The van der Waals surface area contributed by atoms with Gasteiger partial charge in [0.15, 0.2) is 24.1 Å². The molecule has 0 bridgehead atoms. The molecule has 0 amide bonds. The number of aryl methyl sites for hydroxylation is 1. The first kappa shape index (κ1) is 39.9. The molecule has 0 aliphatic heterocycles. The number of hydrogen-bond acceptors (Lipinski definition) is 8. The van der Waals surface area contributed by atoms with Gasteiger partial charge in [0.1, 0.15) is 19.2 Å². The molecule has 10 nitrogen and oxygen atoms in total. The number of methoxy groups -OCH3 is 1. The second-order valence-electron chi connectivity index (χ2n) is 17.3. The van der Waals surface area contributed by atoms with E-state index in [0.29, 0.717) is 44.8 Å². The van der Waals surface area contributed by atoms with Crippen molar-refractivity contribution in [1.82, 2.24) is 24.3 Å². The quantitative estimate of drug-likeness (QED) is 0.0467. The van der Waals surface area contributed by atoms with Crippen LogP contribution in [0, 0.1) is 6.92 Å². The number of fused-ring (bicyclic) bond motifs is 2. The first-order chi connectivity index (χ1) is 24.5. The van der Waals surface area contributed by atoms with Crippen LogP contribution in [-0.2, 0) is 27.7 Å². The minimum Gasteiger partial charge on any atom is -0.493 e. The standard InChI is InChI=1S/C39H59N5O5Si3/c1-29-22-37(49-28-48-18-21-52(9,10)11)36(45-2)24-32(29)30-12-13-31-34(23-30)44(27-47-17-20-51(6,7)8)42-38(31)39-41-33-14-15-40-25-35(33)43(39)26-46-16-19-50(3,4)5/h12-15,22-25H,16-21,26-28H2,1-11H3. The average molecular weight is 762 g/mol. The molecule has 0 fully saturated rings. The van der Waals surface area contributed by atoms with Crippen molar-refractivity contribution in [3.05, 3.63) is 54.4 Å². The molecule has 0 N–H and O–H groups in total. The predicted molar refractivity (Wildman–Crippen MR) is 221 cm³/mol. The van der Waals surface area contributed by atoms with E-state index in [9.17, 15) is 0 Å². The predicted octanol–water partition coefficient (Wildman–Crippen LogP) is 9.75. The Morgan fingerprint density at radius 2 is 1.37 bits per heavy atom. The molecule has 0 spiro atoms. The van der Waals surface area contributed by atoms with Crippen LogP contribution in [0.3, 0.4) is 0 Å². The van der Waals surface area contributed by atoms with Gasteiger partial charge >= 0.3 is 0 Å². The SMILES string of the molecule is COc1cc(-c2ccc3c(-c4nc5ccncc5n4COCC[Si](C)(C)C)nn(COCC[Si](C)(C)C)c3c2)c(C)cc1OCOCC[Si](C)(C)C. The number of imidazole rings is 1. The van der Waals surface area contributed by atoms with E-state index in [0.717, 1.165) is 68.3 Å². The summed E-state index contributed by atoms with van der Waals surface area (Å²) in [6, 6.07) is 15.8. The van der Waals surface area contributed by atoms with Crippen LogP contribution < -0.4 is 9.47 Å². The Bertz CT molecular complexity index is 1960. The van der Waals surface area contributed by atoms with Crippen LogP contribution in [0.25, 0.3) is 44.6 Å². The molecule has 52 heavy (non-hydrogen) atoms. The zero-order chi connectivity index (χ0) is 37.7. The van der Waals surface area contributed by atoms with Crippen molar-refractivity contribution in [1.29, 1.82) is 0 Å². The highest BCUT2D eigenvalue weighted by Gasteiger charge is 2.22. The van der Waals surface area contributed by atoms with Crippen LogP contribution in [0.2, 0.25) is 77.1 Å². The molecule has 3 aromatic heterocycles. The molecule has 0 aliphatic carbocycles. The number of ether oxygens (including phenoxy) is 5. The number of hydrogen-bond donors (Lipinski definition) is 0. The van der Waals surface area contributed by atoms with E-state index >= 15 is 0 Å². The summed E-state index contributed by atoms with van der Waals surface area (Å²) in [6.07, 6.45) is 3.63. The molecule has 3 heterocycles. The molecular weight excluding hydrogens is 703 g/mol. The largest absolute Gasteiger partial charge is 0.493 e. The molecule has 5 rings (SSSR count). The lowest BCUT2D eigenvalue weighted by atomic mass is 9.98. The zero-order valence-corrected chi connectivity index (χ0v) is 36.3. The summed E-state index contributed by atoms with van der Waals surface area (Å²) in [5.74, 6) is 2.08. The smallest absolute Gasteiger partial charge is 0.189 e. The fraction of sp³-hybridized carbons (Fsp3) is 0.513. The van der Waals surface area contributed by atoms with Gasteiger partial charge in [-0.3, -0.25) is 9.55 Å². The second-order valence-corrected chi connectivity index (χ2v) is 34.2. The van der Waals surface area contributed by atoms with Crippen LogP contribution in [0.4, 0.5) is 0 Å². The lowest BCUT2D eigenvalue weighted by Gasteiger charge is -2.17. The third-order valence-electron chi connectivity index (χ3n) is 9.06. The Hall–Kier alpha value is -3.34. The first-order valence-electron chi connectivity index (χ1n) is 18.4. The summed E-state index contributed by atoms with van der Waals surface area (Å²) in [5, 5.41) is 6.17. The molecule has 0 saturated heterocycles. The lowest BCUT2D eigenvalue weighted by Crippen LogP contribution is -2.22. The van der Waals surface area contributed by atoms with E-state index in [-0.39, 0.29) is 6.79 Å². The van der Waals surface area contributed by atoms with Gasteiger partial charge in [0.05, 0.1) is 29.9 Å². The van der Waals surface area contributed by atoms with Gasteiger partial charge in [0.2, 0.25) is 0 Å². The van der Waals surface area contributed by atoms with Gasteiger partial charge in [-0.15, -0.1) is 0 Å². The van der Waals surface area contributed by atoms with Crippen molar-refractivity contribution in [2.45, 2.75) is 97.4 Å². The molecule has 0 atom stereocenters. The molecule has 5 aromatic rings. The van der Waals surface area contributed by atoms with Gasteiger partial charge in [0.25, 0.3) is 0 Å². The third-order valence-corrected chi connectivity index (χ3v) is 14.2. The van der Waals surface area contributed by atoms with E-state index in [1.165, 1.54) is 0 Å². The van der Waals surface area contributed by atoms with Crippen molar-refractivity contribution in [2.24, 2.45) is 0 Å². The van der Waals surface area contributed by atoms with Gasteiger partial charge < -0.3 is 23.7 Å². The maximum absolute atomic E-state index is 6.28. The Morgan fingerprint density at radius 3 is 2.02 bits per heavy atom. The second kappa shape index (κ2) is 16.8. The summed E-state index contributed by atoms with van der Waals surface area (Å²) in [5.41, 5.74) is 6.69.